The van der Waals surface area contributed by atoms with E-state index in [9.17, 15) is 22.2 Å². The zero-order chi connectivity index (χ0) is 27.6. The number of thioether (sulfide) groups is 1. The molecule has 1 saturated heterocycles. The van der Waals surface area contributed by atoms with Crippen LogP contribution < -0.4 is 11.1 Å². The summed E-state index contributed by atoms with van der Waals surface area (Å²) >= 11 is 1.12. The minimum Gasteiger partial charge on any atom is -0.379 e. The van der Waals surface area contributed by atoms with E-state index in [1.165, 1.54) is 30.5 Å². The molecule has 3 heterocycles. The van der Waals surface area contributed by atoms with Crippen molar-refractivity contribution in [1.29, 1.82) is 0 Å². The number of benzene rings is 1. The lowest BCUT2D eigenvalue weighted by Gasteiger charge is -2.37. The second-order valence-corrected chi connectivity index (χ2v) is 11.6. The smallest absolute Gasteiger partial charge is 0.274 e. The predicted molar refractivity (Wildman–Crippen MR) is 138 cm³/mol. The highest BCUT2D eigenvalue weighted by molar-refractivity contribution is 8.13. The number of fused-ring (bicyclic) bond motifs is 1. The van der Waals surface area contributed by atoms with Crippen LogP contribution in [0.1, 0.15) is 23.0 Å². The van der Waals surface area contributed by atoms with Crippen LogP contribution in [0.5, 0.6) is 0 Å². The van der Waals surface area contributed by atoms with E-state index in [-0.39, 0.29) is 40.2 Å². The molecule has 1 aromatic heterocycles. The molecule has 14 heteroatoms. The molecule has 9 nitrogen and oxygen atoms in total. The maximum Gasteiger partial charge on any atom is 0.274 e. The van der Waals surface area contributed by atoms with Gasteiger partial charge < -0.3 is 20.3 Å². The number of pyridine rings is 1. The number of amidine groups is 1. The van der Waals surface area contributed by atoms with Gasteiger partial charge in [0, 0.05) is 42.3 Å². The quantitative estimate of drug-likeness (QED) is 0.387. The van der Waals surface area contributed by atoms with Crippen molar-refractivity contribution in [2.24, 2.45) is 16.6 Å². The first kappa shape index (κ1) is 28.5. The van der Waals surface area contributed by atoms with Gasteiger partial charge in [0.2, 0.25) is 5.69 Å². The zero-order valence-electron chi connectivity index (χ0n) is 19.8. The van der Waals surface area contributed by atoms with E-state index in [4.69, 9.17) is 21.6 Å². The Kier molecular flexibility index (Phi) is 8.23. The molecule has 2 aliphatic rings. The molecule has 2 aromatic rings. The minimum atomic E-state index is -3.15. The molecule has 0 aliphatic carbocycles. The number of amides is 1. The van der Waals surface area contributed by atoms with Gasteiger partial charge in [-0.25, -0.2) is 27.2 Å². The van der Waals surface area contributed by atoms with Crippen LogP contribution in [0.25, 0.3) is 4.85 Å². The van der Waals surface area contributed by atoms with Crippen molar-refractivity contribution < 1.29 is 31.5 Å². The summed E-state index contributed by atoms with van der Waals surface area (Å²) in [6.07, 6.45) is 0.974. The van der Waals surface area contributed by atoms with Crippen LogP contribution in [0, 0.1) is 18.3 Å². The first-order valence-electron chi connectivity index (χ1n) is 10.6. The standard InChI is InChI=1S/C21H18F3N5O2S.C2H6O2S/c1-20(23,24)17-14-9-32-19(25)29-21(14,10-31-17)13-7-11(3-5-15(13)22)28-18(30)16-6-4-12(26-2)8-27-16;1-5(2,3)4/h3-8,14,17H,9-10H2,1H3,(H2,25,29)(H,28,30);1H2,2H3,(H,3,4)/t14-,17+,21-;/m1./s1. The maximum atomic E-state index is 15.0. The SMILES string of the molecule is C=S(C)(=O)O.[C-]#[N+]c1ccc(C(=O)Nc2ccc(F)c([C@]34CO[C@H](C(C)(F)F)[C@H]3CSC(N)=N4)c2)nc1. The number of anilines is 1. The second-order valence-electron chi connectivity index (χ2n) is 8.60. The number of carbonyl (C=O) groups excluding carboxylic acids is 1. The van der Waals surface area contributed by atoms with Gasteiger partial charge in [-0.2, -0.15) is 0 Å². The van der Waals surface area contributed by atoms with Crippen LogP contribution in [0.4, 0.5) is 24.5 Å². The Labute approximate surface area is 216 Å². The molecule has 0 saturated carbocycles. The van der Waals surface area contributed by atoms with Crippen molar-refractivity contribution in [2.75, 3.05) is 23.9 Å². The fraction of sp³-hybridized carbons (Fsp3) is 0.348. The number of hydrogen-bond donors (Lipinski definition) is 3. The lowest BCUT2D eigenvalue weighted by Crippen LogP contribution is -2.46. The Hall–Kier alpha value is -3.12. The van der Waals surface area contributed by atoms with Crippen LogP contribution in [0.2, 0.25) is 0 Å². The summed E-state index contributed by atoms with van der Waals surface area (Å²) in [6.45, 7) is 7.44. The van der Waals surface area contributed by atoms with E-state index in [2.05, 4.69) is 26.0 Å². The summed E-state index contributed by atoms with van der Waals surface area (Å²) in [5, 5.41) is 2.77. The summed E-state index contributed by atoms with van der Waals surface area (Å²) < 4.78 is 66.3. The molecular formula is C23H24F3N5O4S2. The molecule has 1 fully saturated rings. The van der Waals surface area contributed by atoms with E-state index in [0.29, 0.717) is 0 Å². The Morgan fingerprint density at radius 1 is 1.43 bits per heavy atom. The minimum absolute atomic E-state index is 0.0200. The number of alkyl halides is 2. The molecule has 198 valence electrons. The highest BCUT2D eigenvalue weighted by Crippen LogP contribution is 2.51. The summed E-state index contributed by atoms with van der Waals surface area (Å²) in [4.78, 5) is 24.0. The molecule has 1 amide bonds. The molecule has 4 rings (SSSR count). The maximum absolute atomic E-state index is 15.0. The normalized spacial score (nSPS) is 24.4. The first-order valence-corrected chi connectivity index (χ1v) is 13.7. The molecule has 0 radical (unpaired) electrons. The molecule has 37 heavy (non-hydrogen) atoms. The molecule has 4 N–H and O–H groups in total. The van der Waals surface area contributed by atoms with Gasteiger partial charge in [-0.05, 0) is 30.1 Å². The van der Waals surface area contributed by atoms with Crippen LogP contribution in [0.15, 0.2) is 41.5 Å². The Bertz CT molecular complexity index is 1350. The lowest BCUT2D eigenvalue weighted by molar-refractivity contribution is -0.113. The molecule has 2 aliphatic heterocycles. The van der Waals surface area contributed by atoms with Crippen molar-refractivity contribution in [3.63, 3.8) is 0 Å². The molecule has 0 bridgehead atoms. The number of halogens is 3. The van der Waals surface area contributed by atoms with Crippen molar-refractivity contribution >= 4 is 49.9 Å². The number of ether oxygens (including phenoxy) is 1. The molecule has 1 aromatic carbocycles. The van der Waals surface area contributed by atoms with Gasteiger partial charge in [0.25, 0.3) is 11.8 Å². The van der Waals surface area contributed by atoms with E-state index >= 15 is 0 Å². The van der Waals surface area contributed by atoms with Crippen LogP contribution in [0.3, 0.4) is 0 Å². The molecule has 0 spiro atoms. The predicted octanol–water partition coefficient (Wildman–Crippen LogP) is 3.76. The number of nitrogens with one attached hydrogen (secondary N) is 1. The Morgan fingerprint density at radius 2 is 2.11 bits per heavy atom. The van der Waals surface area contributed by atoms with E-state index in [1.807, 2.05) is 0 Å². The van der Waals surface area contributed by atoms with Crippen molar-refractivity contribution in [2.45, 2.75) is 24.5 Å². The van der Waals surface area contributed by atoms with E-state index < -0.39 is 45.0 Å². The monoisotopic (exact) mass is 555 g/mol. The van der Waals surface area contributed by atoms with Crippen molar-refractivity contribution in [1.82, 2.24) is 4.98 Å². The largest absolute Gasteiger partial charge is 0.379 e. The fourth-order valence-electron chi connectivity index (χ4n) is 3.99. The molecular weight excluding hydrogens is 531 g/mol. The third kappa shape index (κ3) is 6.80. The van der Waals surface area contributed by atoms with Crippen molar-refractivity contribution in [3.05, 3.63) is 65.0 Å². The second kappa shape index (κ2) is 10.7. The topological polar surface area (TPSA) is 131 Å². The average Bonchev–Trinajstić information content (AvgIpc) is 3.19. The number of aliphatic imine (C=N–C) groups is 1. The zero-order valence-corrected chi connectivity index (χ0v) is 21.4. The highest BCUT2D eigenvalue weighted by atomic mass is 32.2. The van der Waals surface area contributed by atoms with Gasteiger partial charge in [0.15, 0.2) is 5.17 Å². The van der Waals surface area contributed by atoms with Crippen LogP contribution in [-0.2, 0) is 20.1 Å². The van der Waals surface area contributed by atoms with Gasteiger partial charge in [-0.3, -0.25) is 9.78 Å². The van der Waals surface area contributed by atoms with Gasteiger partial charge in [0.1, 0.15) is 23.2 Å². The summed E-state index contributed by atoms with van der Waals surface area (Å²) in [6, 6.07) is 6.69. The van der Waals surface area contributed by atoms with Gasteiger partial charge in [-0.1, -0.05) is 17.8 Å². The number of nitrogens with two attached hydrogens (primary N) is 1. The van der Waals surface area contributed by atoms with E-state index in [1.54, 1.807) is 0 Å². The number of carbonyl (C=O) groups is 1. The van der Waals surface area contributed by atoms with E-state index in [0.717, 1.165) is 31.0 Å². The van der Waals surface area contributed by atoms with Crippen LogP contribution >= 0.6 is 11.8 Å². The number of nitrogens with zero attached hydrogens (tertiary/aromatic N) is 3. The van der Waals surface area contributed by atoms with Gasteiger partial charge in [-0.15, -0.1) is 0 Å². The number of aromatic nitrogens is 1. The third-order valence-corrected chi connectivity index (χ3v) is 6.39. The Balaban J connectivity index is 0.000000695. The first-order chi connectivity index (χ1) is 17.1. The van der Waals surface area contributed by atoms with Crippen LogP contribution in [-0.4, -0.2) is 61.3 Å². The van der Waals surface area contributed by atoms with Gasteiger partial charge >= 0.3 is 0 Å². The lowest BCUT2D eigenvalue weighted by atomic mass is 9.77. The number of rotatable bonds is 4. The van der Waals surface area contributed by atoms with Crippen molar-refractivity contribution in [3.8, 4) is 0 Å². The fourth-order valence-corrected chi connectivity index (χ4v) is 5.02. The summed E-state index contributed by atoms with van der Waals surface area (Å²) in [5.41, 5.74) is 5.05. The third-order valence-electron chi connectivity index (χ3n) is 5.48. The molecule has 1 unspecified atom stereocenters. The Morgan fingerprint density at radius 3 is 2.68 bits per heavy atom. The summed E-state index contributed by atoms with van der Waals surface area (Å²) in [5.74, 6) is -2.16. The highest BCUT2D eigenvalue weighted by Gasteiger charge is 2.59. The molecule has 4 atom stereocenters. The number of hydrogen-bond acceptors (Lipinski definition) is 7. The van der Waals surface area contributed by atoms with Gasteiger partial charge in [0.05, 0.1) is 23.0 Å². The summed E-state index contributed by atoms with van der Waals surface area (Å²) in [7, 11) is -2.67. The average molecular weight is 556 g/mol.